The van der Waals surface area contributed by atoms with Gasteiger partial charge in [0.05, 0.1) is 11.3 Å². The normalized spacial score (nSPS) is 11.8. The van der Waals surface area contributed by atoms with Gasteiger partial charge in [-0.3, -0.25) is 0 Å². The van der Waals surface area contributed by atoms with Crippen molar-refractivity contribution in [2.75, 3.05) is 24.4 Å². The van der Waals surface area contributed by atoms with Gasteiger partial charge in [0, 0.05) is 17.6 Å². The first-order valence-corrected chi connectivity index (χ1v) is 8.61. The summed E-state index contributed by atoms with van der Waals surface area (Å²) in [5, 5.41) is 11.8. The zero-order chi connectivity index (χ0) is 16.0. The van der Waals surface area contributed by atoms with Crippen molar-refractivity contribution in [3.05, 3.63) is 28.2 Å². The van der Waals surface area contributed by atoms with Crippen LogP contribution in [0.25, 0.3) is 0 Å². The van der Waals surface area contributed by atoms with Crippen LogP contribution in [0.5, 0.6) is 0 Å². The molecule has 0 fully saturated rings. The van der Waals surface area contributed by atoms with E-state index in [0.717, 1.165) is 12.2 Å². The fourth-order valence-corrected chi connectivity index (χ4v) is 2.63. The van der Waals surface area contributed by atoms with E-state index in [4.69, 9.17) is 0 Å². The van der Waals surface area contributed by atoms with Crippen molar-refractivity contribution in [3.8, 4) is 0 Å². The van der Waals surface area contributed by atoms with Gasteiger partial charge in [0.2, 0.25) is 0 Å². The molecule has 0 aliphatic carbocycles. The predicted molar refractivity (Wildman–Crippen MR) is 90.3 cm³/mol. The van der Waals surface area contributed by atoms with Crippen LogP contribution in [-0.4, -0.2) is 47.1 Å². The fourth-order valence-electron chi connectivity index (χ4n) is 1.69. The number of anilines is 1. The number of rotatable bonds is 6. The lowest BCUT2D eigenvalue weighted by molar-refractivity contribution is 0.0698. The topological polar surface area (TPSA) is 69.6 Å². The minimum absolute atomic E-state index is 0.0582. The molecular weight excluding hydrogens is 356 g/mol. The molecule has 1 aromatic rings. The van der Waals surface area contributed by atoms with Crippen molar-refractivity contribution in [2.24, 2.45) is 0 Å². The SMILES string of the molecule is CSCCC(C)N(C)C(=O)Nc1ccc(Br)cc1C(=O)O. The first-order valence-electron chi connectivity index (χ1n) is 6.42. The lowest BCUT2D eigenvalue weighted by Gasteiger charge is -2.25. The molecule has 21 heavy (non-hydrogen) atoms. The first-order chi connectivity index (χ1) is 9.86. The van der Waals surface area contributed by atoms with Gasteiger partial charge < -0.3 is 15.3 Å². The average molecular weight is 375 g/mol. The van der Waals surface area contributed by atoms with Crippen molar-refractivity contribution in [1.82, 2.24) is 4.90 Å². The standard InChI is InChI=1S/C14H19BrN2O3S/c1-9(6-7-21-3)17(2)14(20)16-12-5-4-10(15)8-11(12)13(18)19/h4-5,8-9H,6-7H2,1-3H3,(H,16,20)(H,18,19). The molecule has 0 bridgehead atoms. The number of nitrogens with zero attached hydrogens (tertiary/aromatic N) is 1. The largest absolute Gasteiger partial charge is 0.478 e. The molecule has 116 valence electrons. The molecule has 7 heteroatoms. The molecule has 0 heterocycles. The van der Waals surface area contributed by atoms with Gasteiger partial charge in [-0.2, -0.15) is 11.8 Å². The van der Waals surface area contributed by atoms with E-state index >= 15 is 0 Å². The highest BCUT2D eigenvalue weighted by molar-refractivity contribution is 9.10. The monoisotopic (exact) mass is 374 g/mol. The van der Waals surface area contributed by atoms with Gasteiger partial charge in [0.25, 0.3) is 0 Å². The van der Waals surface area contributed by atoms with E-state index in [1.54, 1.807) is 35.8 Å². The van der Waals surface area contributed by atoms with Crippen molar-refractivity contribution in [3.63, 3.8) is 0 Å². The molecule has 0 spiro atoms. The third kappa shape index (κ3) is 5.24. The highest BCUT2D eigenvalue weighted by Crippen LogP contribution is 2.21. The summed E-state index contributed by atoms with van der Waals surface area (Å²) in [7, 11) is 1.71. The molecule has 0 aliphatic rings. The number of benzene rings is 1. The number of hydrogen-bond donors (Lipinski definition) is 2. The Morgan fingerprint density at radius 1 is 1.48 bits per heavy atom. The Balaban J connectivity index is 2.81. The fraction of sp³-hybridized carbons (Fsp3) is 0.429. The average Bonchev–Trinajstić information content (AvgIpc) is 2.45. The summed E-state index contributed by atoms with van der Waals surface area (Å²) in [5.41, 5.74) is 0.350. The molecular formula is C14H19BrN2O3S. The van der Waals surface area contributed by atoms with E-state index in [9.17, 15) is 14.7 Å². The Labute approximate surface area is 137 Å². The molecule has 0 radical (unpaired) electrons. The second kappa shape index (κ2) is 8.29. The summed E-state index contributed by atoms with van der Waals surface area (Å²) in [6.45, 7) is 1.97. The van der Waals surface area contributed by atoms with E-state index in [-0.39, 0.29) is 17.6 Å². The van der Waals surface area contributed by atoms with Crippen LogP contribution >= 0.6 is 27.7 Å². The van der Waals surface area contributed by atoms with Crippen LogP contribution in [-0.2, 0) is 0 Å². The molecule has 1 aromatic carbocycles. The maximum absolute atomic E-state index is 12.2. The zero-order valence-corrected chi connectivity index (χ0v) is 14.6. The number of aromatic carboxylic acids is 1. The van der Waals surface area contributed by atoms with Crippen LogP contribution in [0.1, 0.15) is 23.7 Å². The van der Waals surface area contributed by atoms with Crippen LogP contribution in [0.3, 0.4) is 0 Å². The number of halogens is 1. The van der Waals surface area contributed by atoms with E-state index in [1.165, 1.54) is 6.07 Å². The third-order valence-electron chi connectivity index (χ3n) is 3.17. The van der Waals surface area contributed by atoms with Crippen LogP contribution in [0.15, 0.2) is 22.7 Å². The number of carbonyl (C=O) groups excluding carboxylic acids is 1. The van der Waals surface area contributed by atoms with Gasteiger partial charge >= 0.3 is 12.0 Å². The zero-order valence-electron chi connectivity index (χ0n) is 12.2. The molecule has 5 nitrogen and oxygen atoms in total. The Morgan fingerprint density at radius 2 is 2.14 bits per heavy atom. The summed E-state index contributed by atoms with van der Waals surface area (Å²) in [4.78, 5) is 25.0. The number of urea groups is 1. The molecule has 0 saturated carbocycles. The molecule has 1 atom stereocenters. The Hall–Kier alpha value is -1.21. The van der Waals surface area contributed by atoms with Crippen molar-refractivity contribution in [2.45, 2.75) is 19.4 Å². The summed E-state index contributed by atoms with van der Waals surface area (Å²) >= 11 is 4.95. The van der Waals surface area contributed by atoms with E-state index in [1.807, 2.05) is 13.2 Å². The Kier molecular flexibility index (Phi) is 7.04. The number of amides is 2. The van der Waals surface area contributed by atoms with E-state index in [0.29, 0.717) is 10.2 Å². The molecule has 2 amide bonds. The Bertz CT molecular complexity index is 525. The van der Waals surface area contributed by atoms with Gasteiger partial charge in [-0.05, 0) is 43.6 Å². The van der Waals surface area contributed by atoms with E-state index < -0.39 is 5.97 Å². The number of carboxylic acid groups (broad SMARTS) is 1. The minimum Gasteiger partial charge on any atom is -0.478 e. The smallest absolute Gasteiger partial charge is 0.337 e. The summed E-state index contributed by atoms with van der Waals surface area (Å²) in [6.07, 6.45) is 2.91. The van der Waals surface area contributed by atoms with Crippen LogP contribution in [0.4, 0.5) is 10.5 Å². The number of thioether (sulfide) groups is 1. The number of hydrogen-bond acceptors (Lipinski definition) is 3. The second-order valence-corrected chi connectivity index (χ2v) is 6.57. The van der Waals surface area contributed by atoms with E-state index in [2.05, 4.69) is 21.2 Å². The van der Waals surface area contributed by atoms with Crippen LogP contribution < -0.4 is 5.32 Å². The maximum Gasteiger partial charge on any atom is 0.337 e. The first kappa shape index (κ1) is 17.8. The van der Waals surface area contributed by atoms with Gasteiger partial charge in [-0.15, -0.1) is 0 Å². The third-order valence-corrected chi connectivity index (χ3v) is 4.31. The molecule has 0 aromatic heterocycles. The molecule has 0 aliphatic heterocycles. The van der Waals surface area contributed by atoms with Crippen LogP contribution in [0, 0.1) is 0 Å². The summed E-state index contributed by atoms with van der Waals surface area (Å²) < 4.78 is 0.652. The maximum atomic E-state index is 12.2. The predicted octanol–water partition coefficient (Wildman–Crippen LogP) is 3.75. The number of carbonyl (C=O) groups is 2. The Morgan fingerprint density at radius 3 is 2.71 bits per heavy atom. The van der Waals surface area contributed by atoms with Crippen molar-refractivity contribution >= 4 is 45.4 Å². The van der Waals surface area contributed by atoms with Crippen LogP contribution in [0.2, 0.25) is 0 Å². The minimum atomic E-state index is -1.08. The summed E-state index contributed by atoms with van der Waals surface area (Å²) in [5.74, 6) is -0.109. The highest BCUT2D eigenvalue weighted by Gasteiger charge is 2.18. The molecule has 0 saturated heterocycles. The van der Waals surface area contributed by atoms with Crippen molar-refractivity contribution in [1.29, 1.82) is 0 Å². The van der Waals surface area contributed by atoms with Gasteiger partial charge in [-0.1, -0.05) is 15.9 Å². The lowest BCUT2D eigenvalue weighted by Crippen LogP contribution is -2.38. The number of nitrogens with one attached hydrogen (secondary N) is 1. The summed E-state index contributed by atoms with van der Waals surface area (Å²) in [6, 6.07) is 4.51. The lowest BCUT2D eigenvalue weighted by atomic mass is 10.2. The van der Waals surface area contributed by atoms with Crippen molar-refractivity contribution < 1.29 is 14.7 Å². The van der Waals surface area contributed by atoms with Gasteiger partial charge in [-0.25, -0.2) is 9.59 Å². The quantitative estimate of drug-likeness (QED) is 0.795. The number of carboxylic acids is 1. The van der Waals surface area contributed by atoms with Gasteiger partial charge in [0.1, 0.15) is 0 Å². The molecule has 1 unspecified atom stereocenters. The second-order valence-electron chi connectivity index (χ2n) is 4.67. The highest BCUT2D eigenvalue weighted by atomic mass is 79.9. The molecule has 2 N–H and O–H groups in total. The molecule has 1 rings (SSSR count). The van der Waals surface area contributed by atoms with Gasteiger partial charge in [0.15, 0.2) is 0 Å².